The number of aryl methyl sites for hydroxylation is 2. The van der Waals surface area contributed by atoms with Crippen LogP contribution in [-0.4, -0.2) is 47.5 Å². The van der Waals surface area contributed by atoms with Crippen molar-refractivity contribution in [3.63, 3.8) is 0 Å². The SMILES string of the molecule is COc1cc(C)c(C)cc1S(=O)(=O)N1CCCC(c2nnc3ccccn23)C1. The molecule has 3 heterocycles. The van der Waals surface area contributed by atoms with Gasteiger partial charge in [0.25, 0.3) is 0 Å². The fraction of sp³-hybridized carbons (Fsp3) is 0.400. The fourth-order valence-corrected chi connectivity index (χ4v) is 5.52. The van der Waals surface area contributed by atoms with Gasteiger partial charge in [-0.1, -0.05) is 6.07 Å². The molecule has 1 saturated heterocycles. The lowest BCUT2D eigenvalue weighted by molar-refractivity contribution is 0.306. The fourth-order valence-electron chi connectivity index (χ4n) is 3.77. The number of fused-ring (bicyclic) bond motifs is 1. The van der Waals surface area contributed by atoms with Crippen molar-refractivity contribution >= 4 is 15.7 Å². The van der Waals surface area contributed by atoms with E-state index in [1.165, 1.54) is 7.11 Å². The zero-order chi connectivity index (χ0) is 19.9. The third-order valence-corrected chi connectivity index (χ3v) is 7.37. The summed E-state index contributed by atoms with van der Waals surface area (Å²) in [7, 11) is -2.17. The molecule has 28 heavy (non-hydrogen) atoms. The van der Waals surface area contributed by atoms with Gasteiger partial charge in [-0.3, -0.25) is 4.40 Å². The number of piperidine rings is 1. The molecule has 0 amide bonds. The van der Waals surface area contributed by atoms with Gasteiger partial charge in [-0.25, -0.2) is 8.42 Å². The van der Waals surface area contributed by atoms with Crippen LogP contribution >= 0.6 is 0 Å². The number of ether oxygens (including phenoxy) is 1. The van der Waals surface area contributed by atoms with E-state index in [0.29, 0.717) is 18.8 Å². The van der Waals surface area contributed by atoms with Crippen LogP contribution < -0.4 is 4.74 Å². The summed E-state index contributed by atoms with van der Waals surface area (Å²) in [6, 6.07) is 9.23. The zero-order valence-corrected chi connectivity index (χ0v) is 17.1. The van der Waals surface area contributed by atoms with Crippen molar-refractivity contribution in [2.75, 3.05) is 20.2 Å². The number of aromatic nitrogens is 3. The van der Waals surface area contributed by atoms with Crippen molar-refractivity contribution in [1.29, 1.82) is 0 Å². The highest BCUT2D eigenvalue weighted by Gasteiger charge is 2.34. The third kappa shape index (κ3) is 3.16. The molecule has 0 saturated carbocycles. The number of methoxy groups -OCH3 is 1. The van der Waals surface area contributed by atoms with Gasteiger partial charge in [0, 0.05) is 25.2 Å². The van der Waals surface area contributed by atoms with Gasteiger partial charge >= 0.3 is 0 Å². The Kier molecular flexibility index (Phi) is 4.84. The lowest BCUT2D eigenvalue weighted by Crippen LogP contribution is -2.39. The van der Waals surface area contributed by atoms with Gasteiger partial charge in [-0.2, -0.15) is 4.31 Å². The van der Waals surface area contributed by atoms with Crippen LogP contribution in [0.1, 0.15) is 35.7 Å². The largest absolute Gasteiger partial charge is 0.495 e. The van der Waals surface area contributed by atoms with E-state index < -0.39 is 10.0 Å². The maximum atomic E-state index is 13.4. The first-order valence-corrected chi connectivity index (χ1v) is 10.8. The summed E-state index contributed by atoms with van der Waals surface area (Å²) in [5.74, 6) is 1.19. The van der Waals surface area contributed by atoms with Crippen LogP contribution in [-0.2, 0) is 10.0 Å². The monoisotopic (exact) mass is 400 g/mol. The minimum absolute atomic E-state index is 0.00142. The smallest absolute Gasteiger partial charge is 0.246 e. The molecule has 1 aliphatic rings. The first-order valence-electron chi connectivity index (χ1n) is 9.37. The number of rotatable bonds is 4. The van der Waals surface area contributed by atoms with E-state index in [-0.39, 0.29) is 10.8 Å². The molecule has 0 radical (unpaired) electrons. The topological polar surface area (TPSA) is 76.8 Å². The first-order chi connectivity index (χ1) is 13.4. The molecule has 1 aliphatic heterocycles. The second-order valence-electron chi connectivity index (χ2n) is 7.28. The molecule has 0 N–H and O–H groups in total. The van der Waals surface area contributed by atoms with Gasteiger partial charge in [0.15, 0.2) is 5.65 Å². The van der Waals surface area contributed by atoms with E-state index in [2.05, 4.69) is 10.2 Å². The molecule has 1 atom stereocenters. The highest BCUT2D eigenvalue weighted by molar-refractivity contribution is 7.89. The van der Waals surface area contributed by atoms with Gasteiger partial charge in [0.1, 0.15) is 16.5 Å². The summed E-state index contributed by atoms with van der Waals surface area (Å²) in [5.41, 5.74) is 2.70. The van der Waals surface area contributed by atoms with Crippen molar-refractivity contribution in [2.45, 2.75) is 37.5 Å². The summed E-state index contributed by atoms with van der Waals surface area (Å²) in [6.07, 6.45) is 3.58. The second kappa shape index (κ2) is 7.18. The Balaban J connectivity index is 1.69. The van der Waals surface area contributed by atoms with E-state index in [1.54, 1.807) is 16.4 Å². The molecule has 4 rings (SSSR count). The highest BCUT2D eigenvalue weighted by atomic mass is 32.2. The molecular weight excluding hydrogens is 376 g/mol. The molecule has 1 fully saturated rings. The molecule has 7 nitrogen and oxygen atoms in total. The Labute approximate surface area is 165 Å². The van der Waals surface area contributed by atoms with E-state index >= 15 is 0 Å². The summed E-state index contributed by atoms with van der Waals surface area (Å²) in [6.45, 7) is 4.73. The van der Waals surface area contributed by atoms with E-state index in [9.17, 15) is 8.42 Å². The van der Waals surface area contributed by atoms with Crippen LogP contribution in [0, 0.1) is 13.8 Å². The van der Waals surface area contributed by atoms with Crippen molar-refractivity contribution in [3.05, 3.63) is 53.5 Å². The van der Waals surface area contributed by atoms with E-state index in [4.69, 9.17) is 4.74 Å². The Morgan fingerprint density at radius 3 is 2.71 bits per heavy atom. The predicted molar refractivity (Wildman–Crippen MR) is 106 cm³/mol. The van der Waals surface area contributed by atoms with E-state index in [1.807, 2.05) is 42.6 Å². The van der Waals surface area contributed by atoms with Gasteiger partial charge in [0.05, 0.1) is 7.11 Å². The van der Waals surface area contributed by atoms with Gasteiger partial charge in [-0.15, -0.1) is 10.2 Å². The lowest BCUT2D eigenvalue weighted by Gasteiger charge is -2.31. The van der Waals surface area contributed by atoms with Crippen LogP contribution in [0.3, 0.4) is 0 Å². The maximum Gasteiger partial charge on any atom is 0.246 e. The highest BCUT2D eigenvalue weighted by Crippen LogP contribution is 2.34. The van der Waals surface area contributed by atoms with Gasteiger partial charge in [-0.05, 0) is 62.1 Å². The minimum Gasteiger partial charge on any atom is -0.495 e. The summed E-state index contributed by atoms with van der Waals surface area (Å²) in [5, 5.41) is 8.55. The average Bonchev–Trinajstić information content (AvgIpc) is 3.14. The van der Waals surface area contributed by atoms with Crippen LogP contribution in [0.5, 0.6) is 5.75 Å². The number of hydrogen-bond acceptors (Lipinski definition) is 5. The molecule has 1 aromatic carbocycles. The molecule has 8 heteroatoms. The average molecular weight is 401 g/mol. The van der Waals surface area contributed by atoms with Crippen LogP contribution in [0.2, 0.25) is 0 Å². The quantitative estimate of drug-likeness (QED) is 0.673. The predicted octanol–water partition coefficient (Wildman–Crippen LogP) is 2.92. The molecule has 0 bridgehead atoms. The maximum absolute atomic E-state index is 13.4. The minimum atomic E-state index is -3.67. The van der Waals surface area contributed by atoms with E-state index in [0.717, 1.165) is 35.4 Å². The van der Waals surface area contributed by atoms with Crippen LogP contribution in [0.4, 0.5) is 0 Å². The Bertz CT molecular complexity index is 1120. The van der Waals surface area contributed by atoms with Gasteiger partial charge < -0.3 is 4.74 Å². The number of benzene rings is 1. The summed E-state index contributed by atoms with van der Waals surface area (Å²) >= 11 is 0. The number of sulfonamides is 1. The Morgan fingerprint density at radius 1 is 1.14 bits per heavy atom. The van der Waals surface area contributed by atoms with Crippen molar-refractivity contribution < 1.29 is 13.2 Å². The third-order valence-electron chi connectivity index (χ3n) is 5.49. The molecule has 2 aromatic heterocycles. The Hall–Kier alpha value is -2.45. The zero-order valence-electron chi connectivity index (χ0n) is 16.3. The normalized spacial score (nSPS) is 18.5. The van der Waals surface area contributed by atoms with Crippen LogP contribution in [0.15, 0.2) is 41.4 Å². The molecule has 3 aromatic rings. The summed E-state index contributed by atoms with van der Waals surface area (Å²) in [4.78, 5) is 0.227. The number of nitrogens with zero attached hydrogens (tertiary/aromatic N) is 4. The molecule has 1 unspecified atom stereocenters. The molecule has 148 valence electrons. The van der Waals surface area contributed by atoms with Crippen molar-refractivity contribution in [3.8, 4) is 5.75 Å². The second-order valence-corrected chi connectivity index (χ2v) is 9.18. The lowest BCUT2D eigenvalue weighted by atomic mass is 9.99. The first kappa shape index (κ1) is 18.9. The Morgan fingerprint density at radius 2 is 1.93 bits per heavy atom. The number of pyridine rings is 1. The van der Waals surface area contributed by atoms with Crippen LogP contribution in [0.25, 0.3) is 5.65 Å². The van der Waals surface area contributed by atoms with Crippen molar-refractivity contribution in [2.24, 2.45) is 0 Å². The number of hydrogen-bond donors (Lipinski definition) is 0. The molecule has 0 spiro atoms. The molecular formula is C20H24N4O3S. The van der Waals surface area contributed by atoms with Crippen molar-refractivity contribution in [1.82, 2.24) is 18.9 Å². The molecule has 0 aliphatic carbocycles. The van der Waals surface area contributed by atoms with Gasteiger partial charge in [0.2, 0.25) is 10.0 Å². The summed E-state index contributed by atoms with van der Waals surface area (Å²) < 4.78 is 35.7. The standard InChI is InChI=1S/C20H24N4O3S/c1-14-11-17(27-3)18(12-15(14)2)28(25,26)23-9-6-7-16(13-23)20-22-21-19-8-4-5-10-24(19)20/h4-5,8,10-12,16H,6-7,9,13H2,1-3H3.